The van der Waals surface area contributed by atoms with E-state index in [9.17, 15) is 8.78 Å². The zero-order chi connectivity index (χ0) is 13.3. The highest BCUT2D eigenvalue weighted by Crippen LogP contribution is 2.38. The molecule has 1 aliphatic carbocycles. The van der Waals surface area contributed by atoms with Crippen molar-refractivity contribution in [3.63, 3.8) is 0 Å². The molecule has 2 heterocycles. The third-order valence-electron chi connectivity index (χ3n) is 4.35. The molecular formula is C13H20F2N4. The van der Waals surface area contributed by atoms with Gasteiger partial charge in [0.05, 0.1) is 11.7 Å². The number of rotatable bonds is 2. The van der Waals surface area contributed by atoms with Crippen molar-refractivity contribution in [2.24, 2.45) is 0 Å². The van der Waals surface area contributed by atoms with Crippen molar-refractivity contribution in [3.8, 4) is 0 Å². The fourth-order valence-corrected chi connectivity index (χ4v) is 3.06. The molecule has 0 unspecified atom stereocenters. The molecule has 4 nitrogen and oxygen atoms in total. The van der Waals surface area contributed by atoms with Crippen molar-refractivity contribution in [1.82, 2.24) is 20.3 Å². The van der Waals surface area contributed by atoms with E-state index in [1.165, 1.54) is 0 Å². The van der Waals surface area contributed by atoms with Gasteiger partial charge in [-0.05, 0) is 38.8 Å². The number of halogens is 2. The maximum absolute atomic E-state index is 13.1. The molecule has 3 rings (SSSR count). The Labute approximate surface area is 111 Å². The Morgan fingerprint density at radius 3 is 2.53 bits per heavy atom. The molecular weight excluding hydrogens is 250 g/mol. The molecule has 1 aromatic rings. The lowest BCUT2D eigenvalue weighted by atomic mass is 9.92. The average Bonchev–Trinajstić information content (AvgIpc) is 2.89. The largest absolute Gasteiger partial charge is 0.317 e. The maximum atomic E-state index is 13.1. The Morgan fingerprint density at radius 2 is 1.84 bits per heavy atom. The molecule has 1 aliphatic heterocycles. The van der Waals surface area contributed by atoms with E-state index in [0.29, 0.717) is 18.8 Å². The number of hydrogen-bond acceptors (Lipinski definition) is 3. The highest BCUT2D eigenvalue weighted by molar-refractivity contribution is 5.04. The molecule has 0 bridgehead atoms. The van der Waals surface area contributed by atoms with E-state index in [1.54, 1.807) is 0 Å². The summed E-state index contributed by atoms with van der Waals surface area (Å²) < 4.78 is 28.1. The van der Waals surface area contributed by atoms with Crippen LogP contribution in [0.4, 0.5) is 8.78 Å². The van der Waals surface area contributed by atoms with Crippen LogP contribution in [0.1, 0.15) is 56.2 Å². The second-order valence-corrected chi connectivity index (χ2v) is 5.73. The molecule has 2 fully saturated rings. The Hall–Kier alpha value is -1.04. The number of hydrogen-bond donors (Lipinski definition) is 1. The van der Waals surface area contributed by atoms with Crippen LogP contribution in [0.3, 0.4) is 0 Å². The van der Waals surface area contributed by atoms with Crippen LogP contribution in [0.5, 0.6) is 0 Å². The standard InChI is InChI=1S/C13H20F2N4/c14-13(15)5-1-11(2-6-13)19-9-12(17-18-19)10-3-7-16-8-4-10/h9-11,16H,1-8H2. The number of nitrogens with one attached hydrogen (secondary N) is 1. The summed E-state index contributed by atoms with van der Waals surface area (Å²) in [6, 6.07) is 0.0996. The van der Waals surface area contributed by atoms with Crippen molar-refractivity contribution in [2.75, 3.05) is 13.1 Å². The lowest BCUT2D eigenvalue weighted by molar-refractivity contribution is -0.0451. The minimum absolute atomic E-state index is 0.0276. The van der Waals surface area contributed by atoms with Crippen LogP contribution in [0.15, 0.2) is 6.20 Å². The Balaban J connectivity index is 1.64. The molecule has 0 atom stereocenters. The minimum Gasteiger partial charge on any atom is -0.317 e. The monoisotopic (exact) mass is 270 g/mol. The van der Waals surface area contributed by atoms with Gasteiger partial charge in [0.25, 0.3) is 0 Å². The van der Waals surface area contributed by atoms with Gasteiger partial charge < -0.3 is 5.32 Å². The van der Waals surface area contributed by atoms with E-state index in [2.05, 4.69) is 15.6 Å². The van der Waals surface area contributed by atoms with E-state index in [0.717, 1.165) is 31.6 Å². The van der Waals surface area contributed by atoms with E-state index in [1.807, 2.05) is 10.9 Å². The SMILES string of the molecule is FC1(F)CCC(n2cc(C3CCNCC3)nn2)CC1. The van der Waals surface area contributed by atoms with Gasteiger partial charge in [-0.2, -0.15) is 0 Å². The number of nitrogens with zero attached hydrogens (tertiary/aromatic N) is 3. The lowest BCUT2D eigenvalue weighted by Gasteiger charge is -2.28. The molecule has 1 aromatic heterocycles. The molecule has 0 aromatic carbocycles. The van der Waals surface area contributed by atoms with Crippen LogP contribution in [0.25, 0.3) is 0 Å². The van der Waals surface area contributed by atoms with Gasteiger partial charge in [0, 0.05) is 25.0 Å². The zero-order valence-corrected chi connectivity index (χ0v) is 11.0. The topological polar surface area (TPSA) is 42.7 Å². The number of piperidine rings is 1. The summed E-state index contributed by atoms with van der Waals surface area (Å²) in [5, 5.41) is 11.7. The fraction of sp³-hybridized carbons (Fsp3) is 0.846. The quantitative estimate of drug-likeness (QED) is 0.898. The van der Waals surface area contributed by atoms with Crippen LogP contribution in [0.2, 0.25) is 0 Å². The molecule has 106 valence electrons. The van der Waals surface area contributed by atoms with Gasteiger partial charge in [0.15, 0.2) is 0 Å². The molecule has 0 amide bonds. The summed E-state index contributed by atoms with van der Waals surface area (Å²) in [5.41, 5.74) is 1.03. The van der Waals surface area contributed by atoms with Gasteiger partial charge in [-0.25, -0.2) is 13.5 Å². The molecule has 1 saturated carbocycles. The van der Waals surface area contributed by atoms with Gasteiger partial charge in [0.2, 0.25) is 5.92 Å². The molecule has 1 N–H and O–H groups in total. The Bertz CT molecular complexity index is 416. The Kier molecular flexibility index (Phi) is 3.52. The zero-order valence-electron chi connectivity index (χ0n) is 11.0. The summed E-state index contributed by atoms with van der Waals surface area (Å²) in [7, 11) is 0. The summed E-state index contributed by atoms with van der Waals surface area (Å²) >= 11 is 0. The second kappa shape index (κ2) is 5.15. The smallest absolute Gasteiger partial charge is 0.248 e. The van der Waals surface area contributed by atoms with Crippen molar-refractivity contribution >= 4 is 0 Å². The van der Waals surface area contributed by atoms with Gasteiger partial charge in [0.1, 0.15) is 0 Å². The second-order valence-electron chi connectivity index (χ2n) is 5.73. The van der Waals surface area contributed by atoms with Crippen LogP contribution in [-0.2, 0) is 0 Å². The minimum atomic E-state index is -2.48. The summed E-state index contributed by atoms with van der Waals surface area (Å²) in [6.07, 6.45) is 5.09. The Morgan fingerprint density at radius 1 is 1.16 bits per heavy atom. The normalized spacial score (nSPS) is 25.6. The van der Waals surface area contributed by atoms with Crippen molar-refractivity contribution in [1.29, 1.82) is 0 Å². The lowest BCUT2D eigenvalue weighted by Crippen LogP contribution is -2.27. The predicted molar refractivity (Wildman–Crippen MR) is 67.3 cm³/mol. The van der Waals surface area contributed by atoms with E-state index < -0.39 is 5.92 Å². The van der Waals surface area contributed by atoms with Crippen LogP contribution in [-0.4, -0.2) is 34.0 Å². The highest BCUT2D eigenvalue weighted by Gasteiger charge is 2.36. The van der Waals surface area contributed by atoms with E-state index in [-0.39, 0.29) is 18.9 Å². The van der Waals surface area contributed by atoms with Crippen molar-refractivity contribution in [3.05, 3.63) is 11.9 Å². The first-order valence-electron chi connectivity index (χ1n) is 7.14. The number of alkyl halides is 2. The van der Waals surface area contributed by atoms with E-state index in [4.69, 9.17) is 0 Å². The van der Waals surface area contributed by atoms with Crippen molar-refractivity contribution in [2.45, 2.75) is 56.4 Å². The summed E-state index contributed by atoms with van der Waals surface area (Å²) in [4.78, 5) is 0. The fourth-order valence-electron chi connectivity index (χ4n) is 3.06. The third-order valence-corrected chi connectivity index (χ3v) is 4.35. The van der Waals surface area contributed by atoms with Gasteiger partial charge in [-0.3, -0.25) is 0 Å². The van der Waals surface area contributed by atoms with Gasteiger partial charge in [-0.15, -0.1) is 5.10 Å². The first-order valence-corrected chi connectivity index (χ1v) is 7.14. The average molecular weight is 270 g/mol. The highest BCUT2D eigenvalue weighted by atomic mass is 19.3. The van der Waals surface area contributed by atoms with Crippen molar-refractivity contribution < 1.29 is 8.78 Å². The van der Waals surface area contributed by atoms with Gasteiger partial charge in [-0.1, -0.05) is 5.21 Å². The number of aromatic nitrogens is 3. The molecule has 0 spiro atoms. The predicted octanol–water partition coefficient (Wildman–Crippen LogP) is 2.50. The summed E-state index contributed by atoms with van der Waals surface area (Å²) in [5.74, 6) is -2.00. The van der Waals surface area contributed by atoms with E-state index >= 15 is 0 Å². The molecule has 6 heteroatoms. The van der Waals surface area contributed by atoms with Gasteiger partial charge >= 0.3 is 0 Å². The first kappa shape index (κ1) is 13.0. The van der Waals surface area contributed by atoms with Crippen LogP contribution >= 0.6 is 0 Å². The molecule has 1 saturated heterocycles. The third kappa shape index (κ3) is 2.94. The molecule has 2 aliphatic rings. The maximum Gasteiger partial charge on any atom is 0.248 e. The van der Waals surface area contributed by atoms with Crippen LogP contribution < -0.4 is 5.32 Å². The first-order chi connectivity index (χ1) is 9.14. The molecule has 0 radical (unpaired) electrons. The van der Waals surface area contributed by atoms with Crippen LogP contribution in [0, 0.1) is 0 Å². The summed E-state index contributed by atoms with van der Waals surface area (Å²) in [6.45, 7) is 2.04. The molecule has 19 heavy (non-hydrogen) atoms.